The molecule has 1 fully saturated rings. The number of ether oxygens (including phenoxy) is 1. The van der Waals surface area contributed by atoms with Crippen molar-refractivity contribution in [1.29, 1.82) is 0 Å². The highest BCUT2D eigenvalue weighted by atomic mass is 32.1. The molecule has 138 valence electrons. The molecule has 0 aliphatic heterocycles. The summed E-state index contributed by atoms with van der Waals surface area (Å²) in [6, 6.07) is 3.07. The maximum atomic E-state index is 13.1. The Morgan fingerprint density at radius 1 is 1.35 bits per heavy atom. The first-order valence-electron chi connectivity index (χ1n) is 8.56. The van der Waals surface area contributed by atoms with Gasteiger partial charge in [-0.3, -0.25) is 9.69 Å². The molecule has 0 saturated heterocycles. The van der Waals surface area contributed by atoms with Crippen LogP contribution in [0.25, 0.3) is 0 Å². The minimum Gasteiger partial charge on any atom is -0.473 e. The summed E-state index contributed by atoms with van der Waals surface area (Å²) in [5, 5.41) is 13.6. The maximum absolute atomic E-state index is 13.1. The number of amides is 1. The van der Waals surface area contributed by atoms with Gasteiger partial charge in [0.1, 0.15) is 6.20 Å². The number of nitro groups is 1. The van der Waals surface area contributed by atoms with Crippen LogP contribution < -0.4 is 9.64 Å². The van der Waals surface area contributed by atoms with Crippen molar-refractivity contribution in [2.24, 2.45) is 0 Å². The van der Waals surface area contributed by atoms with Gasteiger partial charge in [0, 0.05) is 17.6 Å². The number of carbonyl (C=O) groups is 1. The molecule has 26 heavy (non-hydrogen) atoms. The lowest BCUT2D eigenvalue weighted by Gasteiger charge is -2.34. The summed E-state index contributed by atoms with van der Waals surface area (Å²) in [5.74, 6) is -0.656. The minimum absolute atomic E-state index is 0.0129. The molecule has 2 aromatic rings. The van der Waals surface area contributed by atoms with Crippen LogP contribution in [-0.4, -0.2) is 32.9 Å². The summed E-state index contributed by atoms with van der Waals surface area (Å²) >= 11 is 1.40. The quantitative estimate of drug-likeness (QED) is 0.564. The molecule has 1 aliphatic rings. The molecule has 0 unspecified atom stereocenters. The summed E-state index contributed by atoms with van der Waals surface area (Å²) in [6.45, 7) is 1.60. The van der Waals surface area contributed by atoms with E-state index in [2.05, 4.69) is 9.97 Å². The van der Waals surface area contributed by atoms with Crippen LogP contribution in [0, 0.1) is 10.1 Å². The van der Waals surface area contributed by atoms with Crippen molar-refractivity contribution in [2.45, 2.75) is 51.2 Å². The summed E-state index contributed by atoms with van der Waals surface area (Å²) in [7, 11) is 0. The van der Waals surface area contributed by atoms with Gasteiger partial charge in [-0.1, -0.05) is 19.3 Å². The number of nitrogens with zero attached hydrogens (tertiary/aromatic N) is 4. The van der Waals surface area contributed by atoms with E-state index in [1.807, 2.05) is 5.38 Å². The molecular weight excluding hydrogens is 356 g/mol. The fourth-order valence-corrected chi connectivity index (χ4v) is 3.87. The summed E-state index contributed by atoms with van der Waals surface area (Å²) < 4.78 is 5.62. The molecule has 0 aromatic carbocycles. The Labute approximate surface area is 155 Å². The van der Waals surface area contributed by atoms with Crippen LogP contribution in [0.3, 0.4) is 0 Å². The van der Waals surface area contributed by atoms with Gasteiger partial charge in [0.15, 0.2) is 11.2 Å². The third-order valence-corrected chi connectivity index (χ3v) is 5.15. The number of anilines is 1. The molecule has 9 heteroatoms. The molecule has 1 saturated carbocycles. The first kappa shape index (κ1) is 18.2. The van der Waals surface area contributed by atoms with E-state index in [-0.39, 0.29) is 17.7 Å². The Morgan fingerprint density at radius 2 is 2.12 bits per heavy atom. The van der Waals surface area contributed by atoms with E-state index in [1.54, 1.807) is 24.1 Å². The minimum atomic E-state index is -0.885. The van der Waals surface area contributed by atoms with E-state index in [4.69, 9.17) is 4.74 Å². The van der Waals surface area contributed by atoms with Gasteiger partial charge in [0.2, 0.25) is 5.75 Å². The smallest absolute Gasteiger partial charge is 0.406 e. The third-order valence-electron chi connectivity index (χ3n) is 4.38. The van der Waals surface area contributed by atoms with E-state index in [0.717, 1.165) is 25.7 Å². The van der Waals surface area contributed by atoms with Gasteiger partial charge in [-0.2, -0.15) is 0 Å². The summed E-state index contributed by atoms with van der Waals surface area (Å²) in [6.07, 6.45) is 7.26. The molecular formula is C17H20N4O4S. The maximum Gasteiger partial charge on any atom is 0.406 e. The Bertz CT molecular complexity index is 762. The number of hydrogen-bond donors (Lipinski definition) is 0. The molecule has 2 aromatic heterocycles. The fraction of sp³-hybridized carbons (Fsp3) is 0.471. The average molecular weight is 376 g/mol. The second-order valence-electron chi connectivity index (χ2n) is 6.16. The van der Waals surface area contributed by atoms with Crippen LogP contribution in [0.5, 0.6) is 5.75 Å². The van der Waals surface area contributed by atoms with Crippen molar-refractivity contribution in [1.82, 2.24) is 9.97 Å². The van der Waals surface area contributed by atoms with Gasteiger partial charge < -0.3 is 14.9 Å². The van der Waals surface area contributed by atoms with Crippen LogP contribution in [0.1, 0.15) is 39.0 Å². The lowest BCUT2D eigenvalue weighted by atomic mass is 9.94. The number of hydrogen-bond acceptors (Lipinski definition) is 7. The zero-order valence-electron chi connectivity index (χ0n) is 14.4. The number of carbonyl (C=O) groups excluding carboxylic acids is 1. The molecule has 1 atom stereocenters. The van der Waals surface area contributed by atoms with Crippen LogP contribution in [0.4, 0.5) is 10.9 Å². The zero-order chi connectivity index (χ0) is 18.5. The molecule has 8 nitrogen and oxygen atoms in total. The van der Waals surface area contributed by atoms with Gasteiger partial charge in [0.05, 0.1) is 0 Å². The second kappa shape index (κ2) is 8.22. The highest BCUT2D eigenvalue weighted by Gasteiger charge is 2.33. The number of thiazole rings is 1. The molecule has 0 radical (unpaired) electrons. The van der Waals surface area contributed by atoms with Gasteiger partial charge in [0.25, 0.3) is 5.91 Å². The van der Waals surface area contributed by atoms with E-state index in [1.165, 1.54) is 30.0 Å². The predicted octanol–water partition coefficient (Wildman–Crippen LogP) is 3.58. The molecule has 0 spiro atoms. The lowest BCUT2D eigenvalue weighted by molar-refractivity contribution is -0.390. The van der Waals surface area contributed by atoms with Crippen LogP contribution in [0.15, 0.2) is 29.9 Å². The van der Waals surface area contributed by atoms with Crippen molar-refractivity contribution in [3.8, 4) is 5.75 Å². The number of pyridine rings is 1. The van der Waals surface area contributed by atoms with Crippen molar-refractivity contribution in [2.75, 3.05) is 4.90 Å². The summed E-state index contributed by atoms with van der Waals surface area (Å²) in [5.41, 5.74) is 0. The standard InChI is InChI=1S/C17H20N4O4S/c1-12(25-14-8-5-9-18-15(14)21(23)24)16(22)20(17-19-10-11-26-17)13-6-3-2-4-7-13/h5,8-13H,2-4,6-7H2,1H3/t12-/m0/s1. The van der Waals surface area contributed by atoms with E-state index < -0.39 is 16.8 Å². The topological polar surface area (TPSA) is 98.5 Å². The Kier molecular flexibility index (Phi) is 5.77. The molecule has 3 rings (SSSR count). The van der Waals surface area contributed by atoms with Crippen molar-refractivity contribution in [3.05, 3.63) is 40.0 Å². The van der Waals surface area contributed by atoms with Gasteiger partial charge >= 0.3 is 5.82 Å². The Hall–Kier alpha value is -2.55. The van der Waals surface area contributed by atoms with Gasteiger partial charge in [-0.05, 0) is 41.8 Å². The molecule has 1 aliphatic carbocycles. The van der Waals surface area contributed by atoms with Gasteiger partial charge in [-0.15, -0.1) is 11.3 Å². The predicted molar refractivity (Wildman–Crippen MR) is 97.5 cm³/mol. The van der Waals surface area contributed by atoms with E-state index in [9.17, 15) is 14.9 Å². The Balaban J connectivity index is 1.81. The number of aromatic nitrogens is 2. The van der Waals surface area contributed by atoms with Gasteiger partial charge in [-0.25, -0.2) is 4.98 Å². The summed E-state index contributed by atoms with van der Waals surface area (Å²) in [4.78, 5) is 33.3. The zero-order valence-corrected chi connectivity index (χ0v) is 15.2. The molecule has 1 amide bonds. The second-order valence-corrected chi connectivity index (χ2v) is 7.03. The van der Waals surface area contributed by atoms with Crippen LogP contribution in [-0.2, 0) is 4.79 Å². The highest BCUT2D eigenvalue weighted by molar-refractivity contribution is 7.13. The van der Waals surface area contributed by atoms with Crippen molar-refractivity contribution < 1.29 is 14.5 Å². The molecule has 2 heterocycles. The fourth-order valence-electron chi connectivity index (χ4n) is 3.15. The van der Waals surface area contributed by atoms with Crippen LogP contribution >= 0.6 is 11.3 Å². The normalized spacial score (nSPS) is 16.0. The van der Waals surface area contributed by atoms with E-state index >= 15 is 0 Å². The SMILES string of the molecule is C[C@H](Oc1cccnc1[N+](=O)[O-])C(=O)N(c1nccs1)C1CCCCC1. The molecule has 0 N–H and O–H groups in total. The number of rotatable bonds is 6. The molecule has 0 bridgehead atoms. The first-order chi connectivity index (χ1) is 12.6. The highest BCUT2D eigenvalue weighted by Crippen LogP contribution is 2.31. The Morgan fingerprint density at radius 3 is 2.77 bits per heavy atom. The average Bonchev–Trinajstić information content (AvgIpc) is 3.17. The van der Waals surface area contributed by atoms with Crippen molar-refractivity contribution in [3.63, 3.8) is 0 Å². The monoisotopic (exact) mass is 376 g/mol. The van der Waals surface area contributed by atoms with Crippen LogP contribution in [0.2, 0.25) is 0 Å². The lowest BCUT2D eigenvalue weighted by Crippen LogP contribution is -2.47. The largest absolute Gasteiger partial charge is 0.473 e. The van der Waals surface area contributed by atoms with Crippen molar-refractivity contribution >= 4 is 28.2 Å². The third kappa shape index (κ3) is 3.98. The van der Waals surface area contributed by atoms with E-state index in [0.29, 0.717) is 5.13 Å². The first-order valence-corrected chi connectivity index (χ1v) is 9.44.